The van der Waals surface area contributed by atoms with E-state index >= 15 is 0 Å². The fraction of sp³-hybridized carbons (Fsp3) is 0.400. The van der Waals surface area contributed by atoms with Gasteiger partial charge in [-0.3, -0.25) is 4.79 Å². The van der Waals surface area contributed by atoms with E-state index in [1.165, 1.54) is 32.4 Å². The number of carbonyl (C=O) groups excluding carboxylic acids is 1. The van der Waals surface area contributed by atoms with Crippen LogP contribution in [0.2, 0.25) is 0 Å². The fourth-order valence-corrected chi connectivity index (χ4v) is 3.11. The number of fused-ring (bicyclic) bond motifs is 3. The number of alkyl halides is 2. The summed E-state index contributed by atoms with van der Waals surface area (Å²) in [5.41, 5.74) is 1.50. The highest BCUT2D eigenvalue weighted by atomic mass is 19.3. The average Bonchev–Trinajstić information content (AvgIpc) is 2.66. The molecular formula is C20H21F2NO5. The number of hydrogen-bond acceptors (Lipinski definition) is 5. The van der Waals surface area contributed by atoms with E-state index in [1.807, 2.05) is 0 Å². The molecule has 1 aromatic carbocycles. The summed E-state index contributed by atoms with van der Waals surface area (Å²) >= 11 is 0. The van der Waals surface area contributed by atoms with E-state index in [4.69, 9.17) is 14.2 Å². The Morgan fingerprint density at radius 2 is 1.96 bits per heavy atom. The van der Waals surface area contributed by atoms with Crippen molar-refractivity contribution in [2.75, 3.05) is 13.7 Å². The van der Waals surface area contributed by atoms with Gasteiger partial charge >= 0.3 is 12.1 Å². The molecule has 6 nitrogen and oxygen atoms in total. The Bertz CT molecular complexity index is 968. The molecule has 0 N–H and O–H groups in total. The van der Waals surface area contributed by atoms with Crippen LogP contribution in [0.3, 0.4) is 0 Å². The van der Waals surface area contributed by atoms with Crippen molar-refractivity contribution in [3.05, 3.63) is 45.7 Å². The summed E-state index contributed by atoms with van der Waals surface area (Å²) in [6.45, 7) is 3.64. The molecule has 1 aliphatic heterocycles. The second kappa shape index (κ2) is 7.61. The third kappa shape index (κ3) is 3.72. The van der Waals surface area contributed by atoms with E-state index < -0.39 is 23.9 Å². The number of benzene rings is 1. The third-order valence-electron chi connectivity index (χ3n) is 4.58. The van der Waals surface area contributed by atoms with Crippen molar-refractivity contribution in [2.24, 2.45) is 0 Å². The first kappa shape index (κ1) is 19.9. The minimum Gasteiger partial charge on any atom is -0.493 e. The van der Waals surface area contributed by atoms with Crippen LogP contribution >= 0.6 is 0 Å². The highest BCUT2D eigenvalue weighted by Crippen LogP contribution is 2.40. The number of rotatable bonds is 6. The maximum Gasteiger partial charge on any atom is 0.397 e. The molecule has 0 atom stereocenters. The number of carbonyl (C=O) groups is 1. The van der Waals surface area contributed by atoms with Crippen molar-refractivity contribution < 1.29 is 27.8 Å². The standard InChI is InChI=1S/C20H21F2NO5/c1-4-20(21,22)28-18-8-12-6-7-23-11-14(19(25)27-5-2)16(24)10-15(23)13(12)9-17(18)26-3/h8-11H,4-7H2,1-3H3. The number of ether oxygens (including phenoxy) is 3. The number of aromatic nitrogens is 1. The molecule has 0 fully saturated rings. The predicted molar refractivity (Wildman–Crippen MR) is 98.2 cm³/mol. The quantitative estimate of drug-likeness (QED) is 0.701. The van der Waals surface area contributed by atoms with Crippen LogP contribution in [0.5, 0.6) is 11.5 Å². The molecule has 2 aromatic rings. The number of aryl methyl sites for hydroxylation is 2. The van der Waals surface area contributed by atoms with Crippen LogP contribution in [0.4, 0.5) is 8.78 Å². The monoisotopic (exact) mass is 393 g/mol. The molecule has 150 valence electrons. The minimum atomic E-state index is -3.31. The smallest absolute Gasteiger partial charge is 0.397 e. The molecule has 1 aliphatic rings. The molecule has 8 heteroatoms. The number of methoxy groups -OCH3 is 1. The van der Waals surface area contributed by atoms with Gasteiger partial charge < -0.3 is 18.8 Å². The Balaban J connectivity index is 2.08. The van der Waals surface area contributed by atoms with Crippen LogP contribution in [0.15, 0.2) is 29.2 Å². The predicted octanol–water partition coefficient (Wildman–Crippen LogP) is 3.64. The summed E-state index contributed by atoms with van der Waals surface area (Å²) in [5.74, 6) is -0.578. The average molecular weight is 393 g/mol. The molecule has 28 heavy (non-hydrogen) atoms. The van der Waals surface area contributed by atoms with E-state index in [2.05, 4.69) is 0 Å². The Hall–Kier alpha value is -2.90. The number of halogens is 2. The van der Waals surface area contributed by atoms with Crippen LogP contribution in [-0.2, 0) is 17.7 Å². The molecule has 0 unspecified atom stereocenters. The highest BCUT2D eigenvalue weighted by Gasteiger charge is 2.31. The third-order valence-corrected chi connectivity index (χ3v) is 4.58. The lowest BCUT2D eigenvalue weighted by atomic mass is 9.96. The van der Waals surface area contributed by atoms with E-state index in [9.17, 15) is 18.4 Å². The van der Waals surface area contributed by atoms with Crippen molar-refractivity contribution in [3.63, 3.8) is 0 Å². The van der Waals surface area contributed by atoms with Crippen molar-refractivity contribution in [3.8, 4) is 22.8 Å². The van der Waals surface area contributed by atoms with Crippen molar-refractivity contribution in [1.29, 1.82) is 0 Å². The molecule has 0 amide bonds. The maximum atomic E-state index is 13.7. The summed E-state index contributed by atoms with van der Waals surface area (Å²) in [5, 5.41) is 0. The maximum absolute atomic E-state index is 13.7. The molecule has 0 radical (unpaired) electrons. The molecule has 0 aliphatic carbocycles. The summed E-state index contributed by atoms with van der Waals surface area (Å²) < 4.78 is 44.1. The summed E-state index contributed by atoms with van der Waals surface area (Å²) in [4.78, 5) is 24.4. The largest absolute Gasteiger partial charge is 0.493 e. The molecule has 2 heterocycles. The van der Waals surface area contributed by atoms with Crippen molar-refractivity contribution in [1.82, 2.24) is 4.57 Å². The van der Waals surface area contributed by atoms with Gasteiger partial charge in [-0.15, -0.1) is 0 Å². The molecular weight excluding hydrogens is 372 g/mol. The first-order chi connectivity index (χ1) is 13.3. The minimum absolute atomic E-state index is 0.0384. The van der Waals surface area contributed by atoms with Crippen LogP contribution in [0.1, 0.15) is 36.2 Å². The molecule has 0 spiro atoms. The zero-order valence-electron chi connectivity index (χ0n) is 15.9. The molecule has 1 aromatic heterocycles. The number of hydrogen-bond donors (Lipinski definition) is 0. The zero-order valence-corrected chi connectivity index (χ0v) is 15.9. The van der Waals surface area contributed by atoms with Crippen LogP contribution in [-0.4, -0.2) is 30.4 Å². The van der Waals surface area contributed by atoms with E-state index in [0.29, 0.717) is 24.2 Å². The Morgan fingerprint density at radius 1 is 1.21 bits per heavy atom. The lowest BCUT2D eigenvalue weighted by Crippen LogP contribution is -2.25. The van der Waals surface area contributed by atoms with Crippen LogP contribution in [0, 0.1) is 0 Å². The van der Waals surface area contributed by atoms with E-state index in [-0.39, 0.29) is 23.7 Å². The lowest BCUT2D eigenvalue weighted by Gasteiger charge is -2.25. The van der Waals surface area contributed by atoms with Gasteiger partial charge in [0.15, 0.2) is 16.9 Å². The second-order valence-corrected chi connectivity index (χ2v) is 6.35. The number of esters is 1. The number of nitrogens with zero attached hydrogens (tertiary/aromatic N) is 1. The van der Waals surface area contributed by atoms with Gasteiger partial charge in [-0.1, -0.05) is 6.92 Å². The Kier molecular flexibility index (Phi) is 5.40. The molecule has 0 bridgehead atoms. The van der Waals surface area contributed by atoms with Crippen molar-refractivity contribution in [2.45, 2.75) is 39.3 Å². The molecule has 3 rings (SSSR count). The lowest BCUT2D eigenvalue weighted by molar-refractivity contribution is -0.178. The van der Waals surface area contributed by atoms with Gasteiger partial charge in [0, 0.05) is 30.8 Å². The summed E-state index contributed by atoms with van der Waals surface area (Å²) in [6, 6.07) is 4.45. The van der Waals surface area contributed by atoms with Gasteiger partial charge in [0.25, 0.3) is 0 Å². The summed E-state index contributed by atoms with van der Waals surface area (Å²) in [6.07, 6.45) is -1.78. The van der Waals surface area contributed by atoms with E-state index in [0.717, 1.165) is 5.56 Å². The van der Waals surface area contributed by atoms with Crippen LogP contribution < -0.4 is 14.9 Å². The highest BCUT2D eigenvalue weighted by molar-refractivity contribution is 5.89. The SMILES string of the molecule is CCOC(=O)c1cn2c(cc1=O)-c1cc(OC)c(OC(F)(F)CC)cc1CC2. The Morgan fingerprint density at radius 3 is 2.61 bits per heavy atom. The van der Waals surface area contributed by atoms with Gasteiger partial charge in [0.2, 0.25) is 0 Å². The second-order valence-electron chi connectivity index (χ2n) is 6.35. The topological polar surface area (TPSA) is 66.8 Å². The number of pyridine rings is 1. The first-order valence-electron chi connectivity index (χ1n) is 8.99. The first-order valence-corrected chi connectivity index (χ1v) is 8.99. The molecule has 0 saturated carbocycles. The fourth-order valence-electron chi connectivity index (χ4n) is 3.11. The van der Waals surface area contributed by atoms with Gasteiger partial charge in [0.05, 0.1) is 19.4 Å². The zero-order chi connectivity index (χ0) is 20.5. The summed E-state index contributed by atoms with van der Waals surface area (Å²) in [7, 11) is 1.36. The molecule has 0 saturated heterocycles. The van der Waals surface area contributed by atoms with Gasteiger partial charge in [0.1, 0.15) is 5.56 Å². The Labute approximate surface area is 160 Å². The van der Waals surface area contributed by atoms with Gasteiger partial charge in [-0.2, -0.15) is 8.78 Å². The normalized spacial score (nSPS) is 12.8. The van der Waals surface area contributed by atoms with Crippen molar-refractivity contribution >= 4 is 5.97 Å². The van der Waals surface area contributed by atoms with Gasteiger partial charge in [-0.25, -0.2) is 4.79 Å². The van der Waals surface area contributed by atoms with Crippen LogP contribution in [0.25, 0.3) is 11.3 Å². The van der Waals surface area contributed by atoms with Gasteiger partial charge in [-0.05, 0) is 31.0 Å². The van der Waals surface area contributed by atoms with E-state index in [1.54, 1.807) is 17.6 Å².